The second kappa shape index (κ2) is 6.73. The lowest BCUT2D eigenvalue weighted by Gasteiger charge is -2.07. The summed E-state index contributed by atoms with van der Waals surface area (Å²) >= 11 is 1.10. The summed E-state index contributed by atoms with van der Waals surface area (Å²) < 4.78 is 32.8. The maximum Gasteiger partial charge on any atom is 0.140 e. The molecule has 0 unspecified atom stereocenters. The van der Waals surface area contributed by atoms with Crippen molar-refractivity contribution in [2.45, 2.75) is 24.1 Å². The van der Waals surface area contributed by atoms with Crippen LogP contribution in [0.15, 0.2) is 39.8 Å². The summed E-state index contributed by atoms with van der Waals surface area (Å²) in [7, 11) is 0. The van der Waals surface area contributed by atoms with Gasteiger partial charge in [0.1, 0.15) is 17.4 Å². The summed E-state index contributed by atoms with van der Waals surface area (Å²) in [5, 5.41) is 3.04. The van der Waals surface area contributed by atoms with E-state index in [1.54, 1.807) is 18.4 Å². The highest BCUT2D eigenvalue weighted by Crippen LogP contribution is 2.29. The van der Waals surface area contributed by atoms with Crippen molar-refractivity contribution in [3.05, 3.63) is 53.5 Å². The minimum atomic E-state index is -0.524. The molecule has 0 saturated carbocycles. The van der Waals surface area contributed by atoms with Crippen molar-refractivity contribution in [1.82, 2.24) is 5.32 Å². The maximum absolute atomic E-state index is 13.8. The third kappa shape index (κ3) is 3.81. The number of rotatable bonds is 6. The lowest BCUT2D eigenvalue weighted by molar-refractivity contribution is 0.526. The Morgan fingerprint density at radius 1 is 1.26 bits per heavy atom. The van der Waals surface area contributed by atoms with Crippen molar-refractivity contribution in [3.8, 4) is 0 Å². The highest BCUT2D eigenvalue weighted by Gasteiger charge is 2.12. The van der Waals surface area contributed by atoms with Gasteiger partial charge in [-0.25, -0.2) is 8.78 Å². The standard InChI is InChI=1S/C14H15F2NOS/c1-2-17-8-10-6-12(15)14(13(16)7-10)19-9-11-4-3-5-18-11/h3-7,17H,2,8-9H2,1H3. The zero-order valence-corrected chi connectivity index (χ0v) is 11.4. The predicted octanol–water partition coefficient (Wildman–Crippen LogP) is 3.96. The minimum absolute atomic E-state index is 0.0386. The second-order valence-electron chi connectivity index (χ2n) is 4.04. The van der Waals surface area contributed by atoms with Crippen LogP contribution in [-0.2, 0) is 12.3 Å². The number of hydrogen-bond donors (Lipinski definition) is 1. The van der Waals surface area contributed by atoms with E-state index in [1.165, 1.54) is 12.1 Å². The SMILES string of the molecule is CCNCc1cc(F)c(SCc2ccco2)c(F)c1. The minimum Gasteiger partial charge on any atom is -0.468 e. The second-order valence-corrected chi connectivity index (χ2v) is 5.02. The molecule has 0 radical (unpaired) electrons. The van der Waals surface area contributed by atoms with Crippen molar-refractivity contribution in [2.75, 3.05) is 6.54 Å². The van der Waals surface area contributed by atoms with Gasteiger partial charge in [0, 0.05) is 6.54 Å². The molecule has 0 saturated heterocycles. The van der Waals surface area contributed by atoms with Crippen LogP contribution < -0.4 is 5.32 Å². The molecule has 2 aromatic rings. The Kier molecular flexibility index (Phi) is 4.99. The highest BCUT2D eigenvalue weighted by molar-refractivity contribution is 7.98. The molecule has 0 aliphatic carbocycles. The van der Waals surface area contributed by atoms with E-state index in [9.17, 15) is 8.78 Å². The van der Waals surface area contributed by atoms with Crippen LogP contribution in [0.5, 0.6) is 0 Å². The van der Waals surface area contributed by atoms with Gasteiger partial charge in [0.15, 0.2) is 0 Å². The van der Waals surface area contributed by atoms with Crippen molar-refractivity contribution >= 4 is 11.8 Å². The molecule has 1 aromatic heterocycles. The van der Waals surface area contributed by atoms with Crippen LogP contribution in [0.2, 0.25) is 0 Å². The van der Waals surface area contributed by atoms with Gasteiger partial charge in [-0.1, -0.05) is 6.92 Å². The van der Waals surface area contributed by atoms with E-state index in [-0.39, 0.29) is 4.90 Å². The first-order chi connectivity index (χ1) is 9.20. The molecule has 0 fully saturated rings. The van der Waals surface area contributed by atoms with Crippen LogP contribution >= 0.6 is 11.8 Å². The molecule has 1 heterocycles. The molecular weight excluding hydrogens is 268 g/mol. The van der Waals surface area contributed by atoms with Crippen LogP contribution in [0.3, 0.4) is 0 Å². The summed E-state index contributed by atoms with van der Waals surface area (Å²) in [6.45, 7) is 3.17. The number of nitrogens with one attached hydrogen (secondary N) is 1. The number of benzene rings is 1. The maximum atomic E-state index is 13.8. The predicted molar refractivity (Wildman–Crippen MR) is 72.0 cm³/mol. The van der Waals surface area contributed by atoms with Crippen LogP contribution in [0.25, 0.3) is 0 Å². The van der Waals surface area contributed by atoms with Crippen molar-refractivity contribution in [3.63, 3.8) is 0 Å². The Balaban J connectivity index is 2.08. The van der Waals surface area contributed by atoms with Gasteiger partial charge in [-0.15, -0.1) is 11.8 Å². The third-order valence-electron chi connectivity index (χ3n) is 2.58. The van der Waals surface area contributed by atoms with E-state index in [2.05, 4.69) is 5.32 Å². The molecule has 2 rings (SSSR count). The Bertz CT molecular complexity index is 505. The van der Waals surface area contributed by atoms with Crippen LogP contribution in [-0.4, -0.2) is 6.54 Å². The molecule has 0 amide bonds. The summed E-state index contributed by atoms with van der Waals surface area (Å²) in [4.78, 5) is 0.0386. The zero-order chi connectivity index (χ0) is 13.7. The molecule has 1 N–H and O–H groups in total. The van der Waals surface area contributed by atoms with E-state index in [0.29, 0.717) is 23.6 Å². The van der Waals surface area contributed by atoms with Crippen molar-refractivity contribution in [2.24, 2.45) is 0 Å². The molecule has 102 valence electrons. The molecule has 0 aliphatic heterocycles. The first kappa shape index (κ1) is 14.1. The molecule has 19 heavy (non-hydrogen) atoms. The van der Waals surface area contributed by atoms with Gasteiger partial charge in [-0.2, -0.15) is 0 Å². The third-order valence-corrected chi connectivity index (χ3v) is 3.68. The van der Waals surface area contributed by atoms with E-state index < -0.39 is 11.6 Å². The highest BCUT2D eigenvalue weighted by atomic mass is 32.2. The van der Waals surface area contributed by atoms with E-state index in [0.717, 1.165) is 18.3 Å². The number of halogens is 2. The van der Waals surface area contributed by atoms with E-state index in [1.807, 2.05) is 6.92 Å². The summed E-state index contributed by atoms with van der Waals surface area (Å²) in [6, 6.07) is 6.27. The Labute approximate surface area is 115 Å². The molecule has 0 spiro atoms. The van der Waals surface area contributed by atoms with Gasteiger partial charge in [-0.3, -0.25) is 0 Å². The lowest BCUT2D eigenvalue weighted by Crippen LogP contribution is -2.12. The van der Waals surface area contributed by atoms with Gasteiger partial charge >= 0.3 is 0 Å². The normalized spacial score (nSPS) is 10.9. The average molecular weight is 283 g/mol. The van der Waals surface area contributed by atoms with Gasteiger partial charge < -0.3 is 9.73 Å². The summed E-state index contributed by atoms with van der Waals surface area (Å²) in [5.41, 5.74) is 0.610. The quantitative estimate of drug-likeness (QED) is 0.812. The van der Waals surface area contributed by atoms with E-state index in [4.69, 9.17) is 4.42 Å². The Morgan fingerprint density at radius 2 is 2.00 bits per heavy atom. The van der Waals surface area contributed by atoms with E-state index >= 15 is 0 Å². The largest absolute Gasteiger partial charge is 0.468 e. The fourth-order valence-corrected chi connectivity index (χ4v) is 2.50. The van der Waals surface area contributed by atoms with Gasteiger partial charge in [0.25, 0.3) is 0 Å². The molecule has 0 aliphatic rings. The summed E-state index contributed by atoms with van der Waals surface area (Å²) in [5.74, 6) is 0.0577. The monoisotopic (exact) mass is 283 g/mol. The average Bonchev–Trinajstić information content (AvgIpc) is 2.88. The van der Waals surface area contributed by atoms with Crippen molar-refractivity contribution in [1.29, 1.82) is 0 Å². The fourth-order valence-electron chi connectivity index (χ4n) is 1.66. The topological polar surface area (TPSA) is 25.2 Å². The fraction of sp³-hybridized carbons (Fsp3) is 0.286. The lowest BCUT2D eigenvalue weighted by atomic mass is 10.2. The number of thioether (sulfide) groups is 1. The Morgan fingerprint density at radius 3 is 2.58 bits per heavy atom. The molecular formula is C14H15F2NOS. The number of hydrogen-bond acceptors (Lipinski definition) is 3. The molecule has 0 atom stereocenters. The zero-order valence-electron chi connectivity index (χ0n) is 10.6. The van der Waals surface area contributed by atoms with Crippen LogP contribution in [0.4, 0.5) is 8.78 Å². The molecule has 1 aromatic carbocycles. The molecule has 2 nitrogen and oxygen atoms in total. The summed E-state index contributed by atoms with van der Waals surface area (Å²) in [6.07, 6.45) is 1.54. The molecule has 5 heteroatoms. The smallest absolute Gasteiger partial charge is 0.140 e. The van der Waals surface area contributed by atoms with Crippen LogP contribution in [0.1, 0.15) is 18.2 Å². The number of furan rings is 1. The van der Waals surface area contributed by atoms with Gasteiger partial charge in [-0.05, 0) is 36.4 Å². The molecule has 0 bridgehead atoms. The first-order valence-corrected chi connectivity index (χ1v) is 7.03. The Hall–Kier alpha value is -1.33. The van der Waals surface area contributed by atoms with Crippen LogP contribution in [0, 0.1) is 11.6 Å². The first-order valence-electron chi connectivity index (χ1n) is 6.04. The van der Waals surface area contributed by atoms with Crippen molar-refractivity contribution < 1.29 is 13.2 Å². The van der Waals surface area contributed by atoms with Gasteiger partial charge in [0.05, 0.1) is 16.9 Å². The van der Waals surface area contributed by atoms with Gasteiger partial charge in [0.2, 0.25) is 0 Å².